The highest BCUT2D eigenvalue weighted by Gasteiger charge is 2.41. The molecular weight excluding hydrogens is 258 g/mol. The van der Waals surface area contributed by atoms with Gasteiger partial charge in [-0.1, -0.05) is 58.4 Å². The lowest BCUT2D eigenvalue weighted by atomic mass is 9.76. The third kappa shape index (κ3) is 3.57. The minimum atomic E-state index is -2.51. The van der Waals surface area contributed by atoms with E-state index in [-0.39, 0.29) is 6.42 Å². The molecular formula is C17H26F2O. The van der Waals surface area contributed by atoms with E-state index in [4.69, 9.17) is 0 Å². The van der Waals surface area contributed by atoms with Crippen LogP contribution in [0.3, 0.4) is 0 Å². The summed E-state index contributed by atoms with van der Waals surface area (Å²) in [6.45, 7) is 7.79. The molecule has 114 valence electrons. The lowest BCUT2D eigenvalue weighted by Gasteiger charge is -2.36. The summed E-state index contributed by atoms with van der Waals surface area (Å²) >= 11 is 0. The molecule has 20 heavy (non-hydrogen) atoms. The van der Waals surface area contributed by atoms with Crippen molar-refractivity contribution in [1.29, 1.82) is 0 Å². The van der Waals surface area contributed by atoms with E-state index in [1.807, 2.05) is 19.1 Å². The molecule has 1 aromatic carbocycles. The van der Waals surface area contributed by atoms with Gasteiger partial charge in [0.05, 0.1) is 11.5 Å². The molecule has 1 aromatic rings. The fraction of sp³-hybridized carbons (Fsp3) is 0.647. The van der Waals surface area contributed by atoms with E-state index >= 15 is 0 Å². The molecule has 0 aromatic heterocycles. The number of rotatable bonds is 7. The molecule has 0 radical (unpaired) electrons. The Morgan fingerprint density at radius 2 is 1.65 bits per heavy atom. The Bertz CT molecular complexity index is 400. The smallest absolute Gasteiger partial charge is 0.244 e. The Labute approximate surface area is 121 Å². The van der Waals surface area contributed by atoms with E-state index in [0.29, 0.717) is 24.3 Å². The van der Waals surface area contributed by atoms with Crippen molar-refractivity contribution in [3.63, 3.8) is 0 Å². The fourth-order valence-electron chi connectivity index (χ4n) is 2.81. The second kappa shape index (κ2) is 7.16. The zero-order chi connectivity index (χ0) is 15.3. The summed E-state index contributed by atoms with van der Waals surface area (Å²) in [6, 6.07) is 7.46. The van der Waals surface area contributed by atoms with Crippen LogP contribution in [0.2, 0.25) is 0 Å². The van der Waals surface area contributed by atoms with Crippen LogP contribution in [0.15, 0.2) is 24.3 Å². The van der Waals surface area contributed by atoms with Crippen LogP contribution < -0.4 is 0 Å². The highest BCUT2D eigenvalue weighted by Crippen LogP contribution is 2.40. The van der Waals surface area contributed by atoms with Gasteiger partial charge in [-0.25, -0.2) is 8.78 Å². The highest BCUT2D eigenvalue weighted by molar-refractivity contribution is 5.29. The number of hydrogen-bond acceptors (Lipinski definition) is 1. The third-order valence-electron chi connectivity index (χ3n) is 4.07. The predicted molar refractivity (Wildman–Crippen MR) is 79.1 cm³/mol. The van der Waals surface area contributed by atoms with Crippen molar-refractivity contribution < 1.29 is 13.9 Å². The van der Waals surface area contributed by atoms with Crippen molar-refractivity contribution in [2.45, 2.75) is 64.9 Å². The second-order valence-corrected chi connectivity index (χ2v) is 5.80. The van der Waals surface area contributed by atoms with Gasteiger partial charge in [0.15, 0.2) is 0 Å². The highest BCUT2D eigenvalue weighted by atomic mass is 19.3. The topological polar surface area (TPSA) is 20.2 Å². The molecule has 2 atom stereocenters. The SMILES string of the molecule is CCCC(O)(c1ccc(C(C)C)cc1)C(CC)C(F)F. The second-order valence-electron chi connectivity index (χ2n) is 5.80. The quantitative estimate of drug-likeness (QED) is 0.739. The monoisotopic (exact) mass is 284 g/mol. The summed E-state index contributed by atoms with van der Waals surface area (Å²) in [5.74, 6) is -0.632. The Morgan fingerprint density at radius 1 is 1.10 bits per heavy atom. The molecule has 0 fully saturated rings. The molecule has 0 spiro atoms. The maximum Gasteiger partial charge on any atom is 0.244 e. The van der Waals surface area contributed by atoms with Crippen molar-refractivity contribution in [3.8, 4) is 0 Å². The zero-order valence-corrected chi connectivity index (χ0v) is 12.9. The molecule has 1 rings (SSSR count). The van der Waals surface area contributed by atoms with Crippen LogP contribution >= 0.6 is 0 Å². The van der Waals surface area contributed by atoms with E-state index in [0.717, 1.165) is 5.56 Å². The van der Waals surface area contributed by atoms with Gasteiger partial charge in [0.1, 0.15) is 0 Å². The van der Waals surface area contributed by atoms with Crippen LogP contribution in [-0.4, -0.2) is 11.5 Å². The normalized spacial score (nSPS) is 16.4. The Balaban J connectivity index is 3.17. The van der Waals surface area contributed by atoms with Crippen LogP contribution in [0.1, 0.15) is 64.0 Å². The first-order valence-corrected chi connectivity index (χ1v) is 7.47. The first-order chi connectivity index (χ1) is 9.36. The summed E-state index contributed by atoms with van der Waals surface area (Å²) < 4.78 is 26.5. The maximum atomic E-state index is 13.3. The first kappa shape index (κ1) is 17.1. The van der Waals surface area contributed by atoms with Gasteiger partial charge >= 0.3 is 0 Å². The number of hydrogen-bond donors (Lipinski definition) is 1. The third-order valence-corrected chi connectivity index (χ3v) is 4.07. The molecule has 0 aliphatic carbocycles. The van der Waals surface area contributed by atoms with Crippen LogP contribution in [0.5, 0.6) is 0 Å². The summed E-state index contributed by atoms with van der Waals surface area (Å²) in [5.41, 5.74) is 0.321. The first-order valence-electron chi connectivity index (χ1n) is 7.47. The van der Waals surface area contributed by atoms with Crippen LogP contribution in [-0.2, 0) is 5.60 Å². The molecule has 0 amide bonds. The summed E-state index contributed by atoms with van der Waals surface area (Å²) in [7, 11) is 0. The largest absolute Gasteiger partial charge is 0.385 e. The van der Waals surface area contributed by atoms with E-state index in [9.17, 15) is 13.9 Å². The van der Waals surface area contributed by atoms with Gasteiger partial charge in [0.25, 0.3) is 0 Å². The van der Waals surface area contributed by atoms with E-state index in [2.05, 4.69) is 13.8 Å². The van der Waals surface area contributed by atoms with Gasteiger partial charge in [-0.15, -0.1) is 0 Å². The number of alkyl halides is 2. The molecule has 0 saturated carbocycles. The van der Waals surface area contributed by atoms with Crippen molar-refractivity contribution in [2.75, 3.05) is 0 Å². The van der Waals surface area contributed by atoms with Crippen molar-refractivity contribution in [3.05, 3.63) is 35.4 Å². The molecule has 0 heterocycles. The van der Waals surface area contributed by atoms with Gasteiger partial charge in [0, 0.05) is 0 Å². The molecule has 1 nitrogen and oxygen atoms in total. The van der Waals surface area contributed by atoms with Crippen molar-refractivity contribution in [2.24, 2.45) is 5.92 Å². The minimum Gasteiger partial charge on any atom is -0.385 e. The van der Waals surface area contributed by atoms with Crippen LogP contribution in [0, 0.1) is 5.92 Å². The maximum absolute atomic E-state index is 13.3. The molecule has 0 aliphatic heterocycles. The Morgan fingerprint density at radius 3 is 2.00 bits per heavy atom. The molecule has 0 saturated heterocycles. The summed E-state index contributed by atoms with van der Waals surface area (Å²) in [6.07, 6.45) is -1.22. The van der Waals surface area contributed by atoms with Gasteiger partial charge in [-0.05, 0) is 29.9 Å². The van der Waals surface area contributed by atoms with E-state index in [1.54, 1.807) is 19.1 Å². The lowest BCUT2D eigenvalue weighted by molar-refractivity contribution is -0.0975. The van der Waals surface area contributed by atoms with Crippen molar-refractivity contribution >= 4 is 0 Å². The lowest BCUT2D eigenvalue weighted by Crippen LogP contribution is -2.39. The summed E-state index contributed by atoms with van der Waals surface area (Å²) in [5, 5.41) is 10.9. The zero-order valence-electron chi connectivity index (χ0n) is 12.9. The molecule has 2 unspecified atom stereocenters. The molecule has 3 heteroatoms. The van der Waals surface area contributed by atoms with Crippen LogP contribution in [0.25, 0.3) is 0 Å². The Kier molecular flexibility index (Phi) is 6.12. The average molecular weight is 284 g/mol. The molecule has 1 N–H and O–H groups in total. The minimum absolute atomic E-state index is 0.264. The average Bonchev–Trinajstić information content (AvgIpc) is 2.39. The van der Waals surface area contributed by atoms with E-state index in [1.165, 1.54) is 0 Å². The van der Waals surface area contributed by atoms with Gasteiger partial charge in [0.2, 0.25) is 6.43 Å². The number of aliphatic hydroxyl groups is 1. The van der Waals surface area contributed by atoms with E-state index < -0.39 is 17.9 Å². The van der Waals surface area contributed by atoms with Gasteiger partial charge in [-0.2, -0.15) is 0 Å². The molecule has 0 bridgehead atoms. The standard InChI is InChI=1S/C17H26F2O/c1-5-11-17(20,15(6-2)16(18)19)14-9-7-13(8-10-14)12(3)4/h7-10,12,15-16,20H,5-6,11H2,1-4H3. The predicted octanol–water partition coefficient (Wildman–Crippen LogP) is 5.09. The van der Waals surface area contributed by atoms with Crippen molar-refractivity contribution in [1.82, 2.24) is 0 Å². The Hall–Kier alpha value is -0.960. The van der Waals surface area contributed by atoms with Gasteiger partial charge < -0.3 is 5.11 Å². The summed E-state index contributed by atoms with van der Waals surface area (Å²) in [4.78, 5) is 0. The van der Waals surface area contributed by atoms with Crippen LogP contribution in [0.4, 0.5) is 8.78 Å². The van der Waals surface area contributed by atoms with Gasteiger partial charge in [-0.3, -0.25) is 0 Å². The number of halogens is 2. The fourth-order valence-corrected chi connectivity index (χ4v) is 2.81. The number of benzene rings is 1. The molecule has 0 aliphatic rings.